The summed E-state index contributed by atoms with van der Waals surface area (Å²) in [6.07, 6.45) is 5.94. The van der Waals surface area contributed by atoms with E-state index in [1.165, 1.54) is 23.9 Å². The molecule has 1 aromatic heterocycles. The van der Waals surface area contributed by atoms with E-state index in [4.69, 9.17) is 11.5 Å². The molecule has 4 rings (SSSR count). The van der Waals surface area contributed by atoms with Crippen molar-refractivity contribution in [2.24, 2.45) is 28.4 Å². The number of amides is 7. The third-order valence-corrected chi connectivity index (χ3v) is 14.2. The van der Waals surface area contributed by atoms with E-state index in [0.29, 0.717) is 67.6 Å². The van der Waals surface area contributed by atoms with Gasteiger partial charge in [0.25, 0.3) is 0 Å². The van der Waals surface area contributed by atoms with Gasteiger partial charge in [0.05, 0.1) is 6.42 Å². The minimum absolute atomic E-state index is 0.0138. The highest BCUT2D eigenvalue weighted by Crippen LogP contribution is 2.21. The molecule has 8 atom stereocenters. The highest BCUT2D eigenvalue weighted by molar-refractivity contribution is 7.98. The second-order valence-corrected chi connectivity index (χ2v) is 21.7. The lowest BCUT2D eigenvalue weighted by Gasteiger charge is -2.30. The molecule has 24 heteroatoms. The number of carboxylic acid groups (broad SMARTS) is 1. The van der Waals surface area contributed by atoms with Crippen LogP contribution in [0.5, 0.6) is 5.75 Å². The van der Waals surface area contributed by atoms with Crippen LogP contribution in [0, 0.1) is 11.8 Å². The summed E-state index contributed by atoms with van der Waals surface area (Å²) >= 11 is 1.42. The molecule has 4 aromatic rings. The van der Waals surface area contributed by atoms with Crippen molar-refractivity contribution in [1.29, 1.82) is 0 Å². The van der Waals surface area contributed by atoms with Crippen LogP contribution in [0.15, 0.2) is 90.2 Å². The first kappa shape index (κ1) is 65.9. The largest absolute Gasteiger partial charge is 0.508 e. The molecule has 1 heterocycles. The summed E-state index contributed by atoms with van der Waals surface area (Å²) in [5.41, 5.74) is 23.3. The van der Waals surface area contributed by atoms with Crippen LogP contribution in [-0.2, 0) is 57.6 Å². The van der Waals surface area contributed by atoms with Crippen molar-refractivity contribution in [2.75, 3.05) is 25.1 Å². The van der Waals surface area contributed by atoms with Gasteiger partial charge in [0.1, 0.15) is 48.0 Å². The zero-order valence-electron chi connectivity index (χ0n) is 46.8. The number of phenols is 1. The SMILES string of the molecule is CSCC[C@H](NC(=O)[C@@H](NC(=O)[C@@H](NC(=O)[C@H](Cc1ccc(O)cc1)NC(=O)[C@H](Cc1ccccc1)NC(=O)[C@H](CCCCN)N=[N+]=[N-])C(C)C)C(C)C)C(=O)N[C@@H](Cc1c[nH]c2ccccc12)C(=O)N[C@@H](CCCCN)CC(=O)O. The molecule has 0 aliphatic carbocycles. The number of unbranched alkanes of at least 4 members (excludes halogenated alkanes) is 2. The molecule has 3 aromatic carbocycles. The van der Waals surface area contributed by atoms with E-state index in [0.717, 1.165) is 10.9 Å². The molecule has 23 nitrogen and oxygen atoms in total. The summed E-state index contributed by atoms with van der Waals surface area (Å²) in [4.78, 5) is 118. The van der Waals surface area contributed by atoms with Crippen LogP contribution in [0.2, 0.25) is 0 Å². The van der Waals surface area contributed by atoms with E-state index >= 15 is 0 Å². The van der Waals surface area contributed by atoms with Crippen LogP contribution in [0.3, 0.4) is 0 Å². The molecule has 81 heavy (non-hydrogen) atoms. The average molecular weight is 1140 g/mol. The number of phenolic OH excluding ortho intramolecular Hbond substituents is 1. The van der Waals surface area contributed by atoms with Crippen LogP contribution in [0.1, 0.15) is 95.8 Å². The van der Waals surface area contributed by atoms with Crippen molar-refractivity contribution >= 4 is 70.0 Å². The van der Waals surface area contributed by atoms with E-state index < -0.39 is 107 Å². The van der Waals surface area contributed by atoms with Crippen LogP contribution >= 0.6 is 11.8 Å². The summed E-state index contributed by atoms with van der Waals surface area (Å²) < 4.78 is 0. The van der Waals surface area contributed by atoms with E-state index in [9.17, 15) is 54.1 Å². The Labute approximate surface area is 477 Å². The second-order valence-electron chi connectivity index (χ2n) is 20.7. The predicted octanol–water partition coefficient (Wildman–Crippen LogP) is 3.77. The van der Waals surface area contributed by atoms with Gasteiger partial charge in [-0.1, -0.05) is 106 Å². The van der Waals surface area contributed by atoms with Crippen molar-refractivity contribution in [2.45, 2.75) is 147 Å². The second kappa shape index (κ2) is 34.5. The third-order valence-electron chi connectivity index (χ3n) is 13.6. The number of hydrogen-bond acceptors (Lipinski definition) is 13. The van der Waals surface area contributed by atoms with Gasteiger partial charge in [-0.05, 0) is 109 Å². The number of azide groups is 1. The molecule has 14 N–H and O–H groups in total. The van der Waals surface area contributed by atoms with Crippen LogP contribution < -0.4 is 48.7 Å². The molecule has 7 amide bonds. The first-order valence-electron chi connectivity index (χ1n) is 27.4. The number of carboxylic acids is 1. The smallest absolute Gasteiger partial charge is 0.305 e. The summed E-state index contributed by atoms with van der Waals surface area (Å²) in [6.45, 7) is 7.48. The Bertz CT molecular complexity index is 2740. The lowest BCUT2D eigenvalue weighted by atomic mass is 9.98. The van der Waals surface area contributed by atoms with Crippen LogP contribution in [0.25, 0.3) is 21.3 Å². The maximum atomic E-state index is 14.6. The minimum Gasteiger partial charge on any atom is -0.508 e. The fourth-order valence-corrected chi connectivity index (χ4v) is 9.54. The van der Waals surface area contributed by atoms with E-state index in [1.807, 2.05) is 30.5 Å². The summed E-state index contributed by atoms with van der Waals surface area (Å²) in [5.74, 6) is -6.95. The quantitative estimate of drug-likeness (QED) is 0.0134. The van der Waals surface area contributed by atoms with Gasteiger partial charge in [-0.2, -0.15) is 11.8 Å². The number of aliphatic carboxylic acids is 1. The van der Waals surface area contributed by atoms with Gasteiger partial charge in [0, 0.05) is 47.3 Å². The number of rotatable bonds is 36. The number of hydrogen-bond donors (Lipinski definition) is 12. The fourth-order valence-electron chi connectivity index (χ4n) is 9.07. The highest BCUT2D eigenvalue weighted by Gasteiger charge is 2.36. The molecule has 0 saturated heterocycles. The highest BCUT2D eigenvalue weighted by atomic mass is 32.2. The first-order valence-corrected chi connectivity index (χ1v) is 28.8. The van der Waals surface area contributed by atoms with Crippen LogP contribution in [0.4, 0.5) is 0 Å². The summed E-state index contributed by atoms with van der Waals surface area (Å²) in [6, 6.07) is 12.7. The Kier molecular flexibility index (Phi) is 28.0. The number of carbonyl (C=O) groups is 8. The Hall–Kier alpha value is -7.66. The third kappa shape index (κ3) is 22.1. The van der Waals surface area contributed by atoms with Crippen molar-refractivity contribution in [3.05, 3.63) is 112 Å². The molecule has 0 saturated carbocycles. The van der Waals surface area contributed by atoms with E-state index in [1.54, 1.807) is 76.4 Å². The van der Waals surface area contributed by atoms with E-state index in [2.05, 4.69) is 52.2 Å². The number of H-pyrrole nitrogens is 1. The van der Waals surface area contributed by atoms with Gasteiger partial charge in [-0.25, -0.2) is 0 Å². The Morgan fingerprint density at radius 3 is 1.67 bits per heavy atom. The average Bonchev–Trinajstić information content (AvgIpc) is 3.84. The Morgan fingerprint density at radius 1 is 0.593 bits per heavy atom. The number of fused-ring (bicyclic) bond motifs is 1. The normalized spacial score (nSPS) is 14.2. The van der Waals surface area contributed by atoms with Gasteiger partial charge in [0.15, 0.2) is 0 Å². The van der Waals surface area contributed by atoms with Crippen molar-refractivity contribution in [3.8, 4) is 5.75 Å². The molecule has 0 bridgehead atoms. The number of carbonyl (C=O) groups excluding carboxylic acids is 7. The number of benzene rings is 3. The lowest BCUT2D eigenvalue weighted by molar-refractivity contribution is -0.138. The van der Waals surface area contributed by atoms with E-state index in [-0.39, 0.29) is 44.3 Å². The number of thioether (sulfide) groups is 1. The zero-order chi connectivity index (χ0) is 59.4. The molecule has 0 radical (unpaired) electrons. The lowest BCUT2D eigenvalue weighted by Crippen LogP contribution is -2.62. The molecule has 0 aliphatic rings. The van der Waals surface area contributed by atoms with Crippen LogP contribution in [-0.4, -0.2) is 136 Å². The standard InChI is InChI=1S/C57H81N13O10S/c1-34(2)49(56(79)63-43(25-28-81-5)51(74)66-47(31-38-33-61-42-19-10-9-18-41(38)42)53(76)62-39(32-48(72)73)17-11-13-26-58)68-57(80)50(35(3)4)67-55(78)46(30-37-21-23-40(71)24-22-37)65-54(77)45(29-36-15-7-6-8-16-36)64-52(75)44(69-70-60)20-12-14-27-59/h6-10,15-16,18-19,21-24,33-35,39,43-47,49-50,61,71H,11-14,17,20,25-32,58-59H2,1-5H3,(H,62,76)(H,63,79)(H,64,75)(H,65,77)(H,66,74)(H,67,78)(H,68,80)(H,72,73)/t39-,43-,44-,45-,46-,47-,49-,50-/m0/s1. The predicted molar refractivity (Wildman–Crippen MR) is 311 cm³/mol. The maximum absolute atomic E-state index is 14.6. The van der Waals surface area contributed by atoms with Crippen molar-refractivity contribution in [3.63, 3.8) is 0 Å². The molecule has 440 valence electrons. The maximum Gasteiger partial charge on any atom is 0.305 e. The van der Waals surface area contributed by atoms with Gasteiger partial charge < -0.3 is 63.9 Å². The Morgan fingerprint density at radius 2 is 1.09 bits per heavy atom. The number of para-hydroxylation sites is 1. The minimum atomic E-state index is -1.37. The molecule has 0 unspecified atom stereocenters. The molecular formula is C57H81N13O10S. The van der Waals surface area contributed by atoms with Crippen molar-refractivity contribution in [1.82, 2.24) is 42.2 Å². The Balaban J connectivity index is 1.59. The molecule has 0 fully saturated rings. The van der Waals surface area contributed by atoms with Gasteiger partial charge in [-0.3, -0.25) is 38.4 Å². The molecule has 0 spiro atoms. The van der Waals surface area contributed by atoms with Crippen molar-refractivity contribution < 1.29 is 48.6 Å². The fraction of sp³-hybridized carbons (Fsp3) is 0.509. The molecular weight excluding hydrogens is 1060 g/mol. The number of nitrogens with two attached hydrogens (primary N) is 2. The summed E-state index contributed by atoms with van der Waals surface area (Å²) in [7, 11) is 0. The number of nitrogens with one attached hydrogen (secondary N) is 8. The number of aromatic hydroxyl groups is 1. The number of aromatic amines is 1. The van der Waals surface area contributed by atoms with Gasteiger partial charge in [-0.15, -0.1) is 0 Å². The van der Waals surface area contributed by atoms with Gasteiger partial charge >= 0.3 is 5.97 Å². The summed E-state index contributed by atoms with van der Waals surface area (Å²) in [5, 5.41) is 43.7. The first-order chi connectivity index (χ1) is 38.8. The number of aromatic nitrogens is 1. The molecule has 0 aliphatic heterocycles. The van der Waals surface area contributed by atoms with Gasteiger partial charge in [0.2, 0.25) is 41.4 Å². The number of nitrogens with zero attached hydrogens (tertiary/aromatic N) is 3. The topological polar surface area (TPSA) is 378 Å². The monoisotopic (exact) mass is 1140 g/mol. The zero-order valence-corrected chi connectivity index (χ0v) is 47.6.